The van der Waals surface area contributed by atoms with E-state index in [-0.39, 0.29) is 0 Å². The van der Waals surface area contributed by atoms with Crippen molar-refractivity contribution in [3.63, 3.8) is 0 Å². The van der Waals surface area contributed by atoms with Crippen LogP contribution in [-0.4, -0.2) is 33.7 Å². The molecule has 78 valence electrons. The number of piperazine rings is 1. The largest absolute Gasteiger partial charge is 0.444 e. The van der Waals surface area contributed by atoms with E-state index < -0.39 is 0 Å². The van der Waals surface area contributed by atoms with Crippen molar-refractivity contribution >= 4 is 5.88 Å². The first-order chi connectivity index (χ1) is 6.77. The second kappa shape index (κ2) is 4.02. The van der Waals surface area contributed by atoms with Gasteiger partial charge in [-0.2, -0.15) is 0 Å². The highest BCUT2D eigenvalue weighted by Crippen LogP contribution is 2.21. The number of rotatable bonds is 2. The Balaban J connectivity index is 2.07. The summed E-state index contributed by atoms with van der Waals surface area (Å²) in [4.78, 5) is 1.97. The van der Waals surface area contributed by atoms with Crippen molar-refractivity contribution in [3.8, 4) is 0 Å². The van der Waals surface area contributed by atoms with Gasteiger partial charge in [-0.05, 0) is 6.07 Å². The van der Waals surface area contributed by atoms with Crippen LogP contribution in [0.2, 0.25) is 0 Å². The number of nitrogens with zero attached hydrogens (tertiary/aromatic N) is 1. The summed E-state index contributed by atoms with van der Waals surface area (Å²) >= 11 is 0. The molecule has 1 aliphatic rings. The molecule has 0 saturated carbocycles. The zero-order chi connectivity index (χ0) is 9.97. The summed E-state index contributed by atoms with van der Waals surface area (Å²) in [7, 11) is 3.96. The van der Waals surface area contributed by atoms with Gasteiger partial charge in [0, 0.05) is 39.8 Å². The lowest BCUT2D eigenvalue weighted by molar-refractivity contribution is 0.365. The van der Waals surface area contributed by atoms with E-state index in [2.05, 4.69) is 10.6 Å². The molecule has 1 saturated heterocycles. The molecule has 0 radical (unpaired) electrons. The van der Waals surface area contributed by atoms with Crippen LogP contribution in [0.4, 0.5) is 5.88 Å². The van der Waals surface area contributed by atoms with Gasteiger partial charge in [-0.15, -0.1) is 0 Å². The fourth-order valence-electron chi connectivity index (χ4n) is 1.62. The minimum absolute atomic E-state index is 0.317. The van der Waals surface area contributed by atoms with Crippen LogP contribution >= 0.6 is 0 Å². The van der Waals surface area contributed by atoms with Gasteiger partial charge in [-0.25, -0.2) is 0 Å². The van der Waals surface area contributed by atoms with Crippen LogP contribution < -0.4 is 15.5 Å². The van der Waals surface area contributed by atoms with Crippen LogP contribution in [0.3, 0.4) is 0 Å². The van der Waals surface area contributed by atoms with Gasteiger partial charge in [0.15, 0.2) is 5.88 Å². The minimum atomic E-state index is 0.317. The van der Waals surface area contributed by atoms with Crippen molar-refractivity contribution in [1.29, 1.82) is 0 Å². The Hall–Kier alpha value is -1.00. The topological polar surface area (TPSA) is 40.4 Å². The highest BCUT2D eigenvalue weighted by Gasteiger charge is 2.17. The molecule has 0 aromatic carbocycles. The second-order valence-corrected chi connectivity index (χ2v) is 3.78. The lowest BCUT2D eigenvalue weighted by Gasteiger charge is -2.22. The van der Waals surface area contributed by atoms with Crippen LogP contribution in [0.25, 0.3) is 0 Å². The van der Waals surface area contributed by atoms with E-state index in [1.165, 1.54) is 0 Å². The molecule has 14 heavy (non-hydrogen) atoms. The summed E-state index contributed by atoms with van der Waals surface area (Å²) in [6, 6.07) is 4.36. The predicted molar refractivity (Wildman–Crippen MR) is 56.6 cm³/mol. The van der Waals surface area contributed by atoms with Gasteiger partial charge < -0.3 is 20.0 Å². The molecular weight excluding hydrogens is 178 g/mol. The van der Waals surface area contributed by atoms with Gasteiger partial charge >= 0.3 is 0 Å². The quantitative estimate of drug-likeness (QED) is 0.724. The molecule has 2 N–H and O–H groups in total. The molecule has 1 fully saturated rings. The highest BCUT2D eigenvalue weighted by molar-refractivity contribution is 5.34. The number of furan rings is 1. The Kier molecular flexibility index (Phi) is 2.74. The summed E-state index contributed by atoms with van der Waals surface area (Å²) in [6.07, 6.45) is 0. The van der Waals surface area contributed by atoms with E-state index in [1.54, 1.807) is 0 Å². The Bertz CT molecular complexity index is 289. The van der Waals surface area contributed by atoms with Gasteiger partial charge in [0.1, 0.15) is 5.76 Å². The monoisotopic (exact) mass is 195 g/mol. The molecule has 1 aromatic heterocycles. The van der Waals surface area contributed by atoms with Crippen LogP contribution in [-0.2, 0) is 0 Å². The van der Waals surface area contributed by atoms with E-state index in [0.717, 1.165) is 31.3 Å². The number of anilines is 1. The third kappa shape index (κ3) is 1.91. The summed E-state index contributed by atoms with van der Waals surface area (Å²) in [5.41, 5.74) is 0. The van der Waals surface area contributed by atoms with Gasteiger partial charge in [0.05, 0.1) is 6.04 Å². The Morgan fingerprint density at radius 3 is 2.79 bits per heavy atom. The third-order valence-electron chi connectivity index (χ3n) is 2.44. The van der Waals surface area contributed by atoms with Crippen LogP contribution in [0.5, 0.6) is 0 Å². The number of hydrogen-bond donors (Lipinski definition) is 2. The molecule has 4 nitrogen and oxygen atoms in total. The first-order valence-corrected chi connectivity index (χ1v) is 4.98. The van der Waals surface area contributed by atoms with E-state index in [4.69, 9.17) is 4.42 Å². The first kappa shape index (κ1) is 9.55. The van der Waals surface area contributed by atoms with E-state index in [9.17, 15) is 0 Å². The second-order valence-electron chi connectivity index (χ2n) is 3.78. The molecule has 1 atom stereocenters. The standard InChI is InChI=1S/C10H17N3O/c1-13(2)10-4-3-9(14-10)8-7-11-5-6-12-8/h3-4,8,11-12H,5-7H2,1-2H3/t8-/m1/s1. The van der Waals surface area contributed by atoms with Crippen molar-refractivity contribution in [2.24, 2.45) is 0 Å². The van der Waals surface area contributed by atoms with Crippen molar-refractivity contribution < 1.29 is 4.42 Å². The summed E-state index contributed by atoms with van der Waals surface area (Å²) < 4.78 is 5.71. The Morgan fingerprint density at radius 1 is 1.36 bits per heavy atom. The van der Waals surface area contributed by atoms with Crippen LogP contribution in [0.1, 0.15) is 11.8 Å². The summed E-state index contributed by atoms with van der Waals surface area (Å²) in [5, 5.41) is 6.75. The lowest BCUT2D eigenvalue weighted by Crippen LogP contribution is -2.42. The van der Waals surface area contributed by atoms with Crippen LogP contribution in [0.15, 0.2) is 16.5 Å². The molecule has 0 amide bonds. The molecule has 4 heteroatoms. The van der Waals surface area contributed by atoms with E-state index >= 15 is 0 Å². The van der Waals surface area contributed by atoms with Crippen LogP contribution in [0, 0.1) is 0 Å². The number of nitrogens with one attached hydrogen (secondary N) is 2. The highest BCUT2D eigenvalue weighted by atomic mass is 16.4. The smallest absolute Gasteiger partial charge is 0.195 e. The van der Waals surface area contributed by atoms with Gasteiger partial charge in [0.2, 0.25) is 0 Å². The fraction of sp³-hybridized carbons (Fsp3) is 0.600. The SMILES string of the molecule is CN(C)c1ccc([C@H]2CNCCN2)o1. The average molecular weight is 195 g/mol. The maximum absolute atomic E-state index is 5.71. The maximum atomic E-state index is 5.71. The number of hydrogen-bond acceptors (Lipinski definition) is 4. The van der Waals surface area contributed by atoms with E-state index in [1.807, 2.05) is 31.1 Å². The molecule has 0 unspecified atom stereocenters. The first-order valence-electron chi connectivity index (χ1n) is 4.98. The van der Waals surface area contributed by atoms with Gasteiger partial charge in [0.25, 0.3) is 0 Å². The molecule has 0 aliphatic carbocycles. The lowest BCUT2D eigenvalue weighted by atomic mass is 10.2. The third-order valence-corrected chi connectivity index (χ3v) is 2.44. The fourth-order valence-corrected chi connectivity index (χ4v) is 1.62. The zero-order valence-corrected chi connectivity index (χ0v) is 8.71. The zero-order valence-electron chi connectivity index (χ0n) is 8.71. The molecule has 0 bridgehead atoms. The predicted octanol–water partition coefficient (Wildman–Crippen LogP) is 0.580. The van der Waals surface area contributed by atoms with E-state index in [0.29, 0.717) is 6.04 Å². The molecule has 1 aromatic rings. The molecule has 2 rings (SSSR count). The molecule has 2 heterocycles. The molecule has 1 aliphatic heterocycles. The van der Waals surface area contributed by atoms with Crippen molar-refractivity contribution in [3.05, 3.63) is 17.9 Å². The summed E-state index contributed by atoms with van der Waals surface area (Å²) in [6.45, 7) is 2.99. The normalized spacial score (nSPS) is 22.3. The average Bonchev–Trinajstić information content (AvgIpc) is 2.68. The van der Waals surface area contributed by atoms with Gasteiger partial charge in [-0.1, -0.05) is 0 Å². The summed E-state index contributed by atoms with van der Waals surface area (Å²) in [5.74, 6) is 1.92. The van der Waals surface area contributed by atoms with Crippen molar-refractivity contribution in [2.75, 3.05) is 38.6 Å². The molecule has 0 spiro atoms. The van der Waals surface area contributed by atoms with Crippen molar-refractivity contribution in [1.82, 2.24) is 10.6 Å². The Morgan fingerprint density at radius 2 is 2.21 bits per heavy atom. The maximum Gasteiger partial charge on any atom is 0.195 e. The van der Waals surface area contributed by atoms with Crippen molar-refractivity contribution in [2.45, 2.75) is 6.04 Å². The van der Waals surface area contributed by atoms with Gasteiger partial charge in [-0.3, -0.25) is 0 Å². The molecular formula is C10H17N3O. The minimum Gasteiger partial charge on any atom is -0.444 e. The Labute approximate surface area is 84.3 Å².